The van der Waals surface area contributed by atoms with Gasteiger partial charge in [0.2, 0.25) is 11.5 Å². The van der Waals surface area contributed by atoms with Crippen molar-refractivity contribution in [3.63, 3.8) is 0 Å². The van der Waals surface area contributed by atoms with Crippen molar-refractivity contribution >= 4 is 38.8 Å². The number of hydroxylamine groups is 1. The minimum Gasteiger partial charge on any atom is -0.377 e. The third-order valence-corrected chi connectivity index (χ3v) is 7.39. The lowest BCUT2D eigenvalue weighted by molar-refractivity contribution is -0.846. The molecule has 0 bridgehead atoms. The van der Waals surface area contributed by atoms with Crippen LogP contribution in [0.3, 0.4) is 0 Å². The average Bonchev–Trinajstić information content (AvgIpc) is 3.24. The van der Waals surface area contributed by atoms with Crippen molar-refractivity contribution in [3.8, 4) is 0 Å². The zero-order valence-corrected chi connectivity index (χ0v) is 19.9. The number of aryl methyl sites for hydroxylation is 1. The highest BCUT2D eigenvalue weighted by atomic mass is 32.1. The summed E-state index contributed by atoms with van der Waals surface area (Å²) in [6.07, 6.45) is 0.831. The minimum absolute atomic E-state index is 0.0328. The number of Topliss-reactive ketones (excluding diaryl/α,β-unsaturated/α-hetero) is 2. The molecule has 0 unspecified atom stereocenters. The number of benzene rings is 2. The van der Waals surface area contributed by atoms with Crippen LogP contribution in [0, 0.1) is 6.92 Å². The molecule has 0 saturated carbocycles. The third kappa shape index (κ3) is 4.35. The normalized spacial score (nSPS) is 16.9. The van der Waals surface area contributed by atoms with Gasteiger partial charge in [-0.2, -0.15) is 5.48 Å². The van der Waals surface area contributed by atoms with Crippen molar-refractivity contribution in [3.05, 3.63) is 70.0 Å². The zero-order valence-electron chi connectivity index (χ0n) is 19.1. The molecule has 0 atom stereocenters. The predicted octanol–water partition coefficient (Wildman–Crippen LogP) is 1.95. The lowest BCUT2D eigenvalue weighted by atomic mass is 9.90. The van der Waals surface area contributed by atoms with Crippen molar-refractivity contribution in [1.29, 1.82) is 0 Å². The van der Waals surface area contributed by atoms with E-state index >= 15 is 0 Å². The molecule has 1 aromatic heterocycles. The monoisotopic (exact) mass is 478 g/mol. The van der Waals surface area contributed by atoms with Crippen molar-refractivity contribution in [2.75, 3.05) is 44.2 Å². The number of ketones is 2. The first-order valence-corrected chi connectivity index (χ1v) is 12.4. The maximum Gasteiger partial charge on any atom is 0.252 e. The van der Waals surface area contributed by atoms with E-state index in [1.807, 2.05) is 6.92 Å². The van der Waals surface area contributed by atoms with Crippen LogP contribution in [0.25, 0.3) is 10.2 Å². The van der Waals surface area contributed by atoms with Crippen LogP contribution < -0.4 is 15.7 Å². The van der Waals surface area contributed by atoms with Crippen molar-refractivity contribution in [2.45, 2.75) is 13.3 Å². The molecule has 176 valence electrons. The topological polar surface area (TPSA) is 102 Å². The van der Waals surface area contributed by atoms with Crippen LogP contribution in [-0.4, -0.2) is 65.9 Å². The molecule has 1 aliphatic heterocycles. The van der Waals surface area contributed by atoms with Gasteiger partial charge in [0.05, 0.1) is 15.2 Å². The molecule has 1 fully saturated rings. The van der Waals surface area contributed by atoms with Crippen LogP contribution in [0.5, 0.6) is 0 Å². The Labute approximate surface area is 201 Å². The number of carbonyl (C=O) groups excluding carboxylic acids is 2. The van der Waals surface area contributed by atoms with Gasteiger partial charge in [0.1, 0.15) is 0 Å². The molecule has 2 heterocycles. The van der Waals surface area contributed by atoms with Crippen LogP contribution in [0.4, 0.5) is 5.69 Å². The largest absolute Gasteiger partial charge is 0.377 e. The second kappa shape index (κ2) is 9.63. The van der Waals surface area contributed by atoms with Crippen molar-refractivity contribution < 1.29 is 20.3 Å². The SMILES string of the molecule is Cc1nc2ccc(N3CCN(CCCNC4=C([NH2+]O)C(=O)c5ccccc5C4=O)CC3)cc2s1. The molecule has 1 aliphatic carbocycles. The molecular weight excluding hydrogens is 450 g/mol. The molecule has 34 heavy (non-hydrogen) atoms. The number of hydrogen-bond acceptors (Lipinski definition) is 8. The van der Waals surface area contributed by atoms with E-state index in [0.29, 0.717) is 17.7 Å². The number of quaternary nitrogens is 1. The molecule has 4 N–H and O–H groups in total. The van der Waals surface area contributed by atoms with E-state index in [2.05, 4.69) is 38.3 Å². The summed E-state index contributed by atoms with van der Waals surface area (Å²) in [5, 5.41) is 13.8. The van der Waals surface area contributed by atoms with Gasteiger partial charge >= 0.3 is 0 Å². The fourth-order valence-electron chi connectivity index (χ4n) is 4.66. The van der Waals surface area contributed by atoms with Crippen molar-refractivity contribution in [2.24, 2.45) is 0 Å². The van der Waals surface area contributed by atoms with Gasteiger partial charge in [-0.25, -0.2) is 10.2 Å². The molecule has 2 aliphatic rings. The Morgan fingerprint density at radius 3 is 2.53 bits per heavy atom. The first kappa shape index (κ1) is 22.7. The summed E-state index contributed by atoms with van der Waals surface area (Å²) in [4.78, 5) is 34.9. The van der Waals surface area contributed by atoms with Gasteiger partial charge in [-0.3, -0.25) is 14.5 Å². The summed E-state index contributed by atoms with van der Waals surface area (Å²) in [6, 6.07) is 13.2. The first-order chi connectivity index (χ1) is 16.5. The summed E-state index contributed by atoms with van der Waals surface area (Å²) in [5.41, 5.74) is 3.98. The minimum atomic E-state index is -0.331. The number of rotatable bonds is 7. The van der Waals surface area contributed by atoms with Gasteiger partial charge in [-0.1, -0.05) is 24.3 Å². The number of hydrogen-bond donors (Lipinski definition) is 3. The van der Waals surface area contributed by atoms with E-state index in [4.69, 9.17) is 0 Å². The van der Waals surface area contributed by atoms with Gasteiger partial charge in [0.15, 0.2) is 5.70 Å². The lowest BCUT2D eigenvalue weighted by Gasteiger charge is -2.36. The predicted molar refractivity (Wildman–Crippen MR) is 131 cm³/mol. The average molecular weight is 479 g/mol. The molecule has 0 amide bonds. The fourth-order valence-corrected chi connectivity index (χ4v) is 5.52. The Bertz CT molecular complexity index is 1280. The number of carbonyl (C=O) groups is 2. The van der Waals surface area contributed by atoms with Gasteiger partial charge < -0.3 is 10.2 Å². The number of piperazine rings is 1. The van der Waals surface area contributed by atoms with Gasteiger partial charge in [-0.15, -0.1) is 11.3 Å². The molecule has 2 aromatic carbocycles. The van der Waals surface area contributed by atoms with E-state index in [-0.39, 0.29) is 23.0 Å². The maximum absolute atomic E-state index is 12.9. The number of nitrogens with two attached hydrogens (primary N) is 1. The van der Waals surface area contributed by atoms with Crippen LogP contribution >= 0.6 is 11.3 Å². The number of nitrogens with one attached hydrogen (secondary N) is 1. The molecule has 3 aromatic rings. The van der Waals surface area contributed by atoms with Gasteiger partial charge in [-0.05, 0) is 38.1 Å². The Hall–Kier alpha value is -3.11. The third-order valence-electron chi connectivity index (χ3n) is 6.46. The van der Waals surface area contributed by atoms with Crippen LogP contribution in [0.15, 0.2) is 53.9 Å². The van der Waals surface area contributed by atoms with Gasteiger partial charge in [0, 0.05) is 49.5 Å². The molecular formula is C25H28N5O3S+. The second-order valence-corrected chi connectivity index (χ2v) is 9.85. The lowest BCUT2D eigenvalue weighted by Crippen LogP contribution is -2.81. The highest BCUT2D eigenvalue weighted by molar-refractivity contribution is 7.18. The van der Waals surface area contributed by atoms with E-state index in [1.165, 1.54) is 10.4 Å². The number of aromatic nitrogens is 1. The summed E-state index contributed by atoms with van der Waals surface area (Å²) in [7, 11) is 0. The summed E-state index contributed by atoms with van der Waals surface area (Å²) < 4.78 is 1.23. The molecule has 1 saturated heterocycles. The summed E-state index contributed by atoms with van der Waals surface area (Å²) >= 11 is 1.73. The van der Waals surface area contributed by atoms with E-state index in [1.54, 1.807) is 35.6 Å². The fraction of sp³-hybridized carbons (Fsp3) is 0.320. The van der Waals surface area contributed by atoms with Crippen LogP contribution in [0.2, 0.25) is 0 Å². The Morgan fingerprint density at radius 2 is 1.79 bits per heavy atom. The van der Waals surface area contributed by atoms with E-state index in [9.17, 15) is 14.8 Å². The number of nitrogens with zero attached hydrogens (tertiary/aromatic N) is 3. The molecule has 9 heteroatoms. The standard InChI is InChI=1S/C25H27N5O3S/c1-16-27-20-8-7-17(15-21(20)34-16)30-13-11-29(12-14-30)10-4-9-26-22-23(28-33)25(32)19-6-3-2-5-18(19)24(22)31/h2-3,5-8,15,26,28,33H,4,9-14H2,1H3/p+1. The first-order valence-electron chi connectivity index (χ1n) is 11.5. The van der Waals surface area contributed by atoms with Crippen molar-refractivity contribution in [1.82, 2.24) is 15.2 Å². The highest BCUT2D eigenvalue weighted by Crippen LogP contribution is 2.27. The van der Waals surface area contributed by atoms with Gasteiger partial charge in [0.25, 0.3) is 5.78 Å². The smallest absolute Gasteiger partial charge is 0.252 e. The maximum atomic E-state index is 12.9. The summed E-state index contributed by atoms with van der Waals surface area (Å²) in [6.45, 7) is 7.38. The molecule has 0 radical (unpaired) electrons. The Kier molecular flexibility index (Phi) is 6.42. The van der Waals surface area contributed by atoms with E-state index < -0.39 is 0 Å². The second-order valence-electron chi connectivity index (χ2n) is 8.62. The van der Waals surface area contributed by atoms with Crippen LogP contribution in [-0.2, 0) is 0 Å². The number of fused-ring (bicyclic) bond motifs is 2. The number of allylic oxidation sites excluding steroid dienone is 2. The quantitative estimate of drug-likeness (QED) is 0.352. The highest BCUT2D eigenvalue weighted by Gasteiger charge is 2.35. The molecule has 0 spiro atoms. The van der Waals surface area contributed by atoms with E-state index in [0.717, 1.165) is 55.1 Å². The Morgan fingerprint density at radius 1 is 1.06 bits per heavy atom. The summed E-state index contributed by atoms with van der Waals surface area (Å²) in [5.74, 6) is -0.583. The number of thiazole rings is 1. The Balaban J connectivity index is 1.13. The molecule has 8 nitrogen and oxygen atoms in total. The number of anilines is 1. The van der Waals surface area contributed by atoms with Crippen LogP contribution in [0.1, 0.15) is 32.1 Å². The zero-order chi connectivity index (χ0) is 23.7. The molecule has 5 rings (SSSR count).